The van der Waals surface area contributed by atoms with Crippen molar-refractivity contribution in [2.24, 2.45) is 7.05 Å². The molecule has 9 nitrogen and oxygen atoms in total. The van der Waals surface area contributed by atoms with Crippen LogP contribution in [0.1, 0.15) is 16.8 Å². The van der Waals surface area contributed by atoms with Crippen LogP contribution in [0.2, 0.25) is 0 Å². The molecule has 4 rings (SSSR count). The van der Waals surface area contributed by atoms with Gasteiger partial charge in [-0.15, -0.1) is 21.5 Å². The number of fused-ring (bicyclic) bond motifs is 1. The number of thiazole rings is 1. The molecule has 0 atom stereocenters. The number of amides is 1. The van der Waals surface area contributed by atoms with E-state index >= 15 is 0 Å². The first kappa shape index (κ1) is 17.8. The minimum Gasteiger partial charge on any atom is -0.424 e. The first-order valence-electron chi connectivity index (χ1n) is 8.44. The van der Waals surface area contributed by atoms with Crippen LogP contribution in [-0.2, 0) is 24.7 Å². The molecule has 3 aromatic heterocycles. The lowest BCUT2D eigenvalue weighted by Gasteiger charge is -1.96. The van der Waals surface area contributed by atoms with Crippen molar-refractivity contribution in [1.82, 2.24) is 30.3 Å². The number of hydrogen-bond donors (Lipinski definition) is 1. The molecule has 140 valence electrons. The number of rotatable bonds is 6. The van der Waals surface area contributed by atoms with E-state index in [0.717, 1.165) is 26.4 Å². The normalized spacial score (nSPS) is 10.9. The van der Waals surface area contributed by atoms with Crippen LogP contribution < -0.4 is 5.32 Å². The number of aromatic nitrogens is 5. The van der Waals surface area contributed by atoms with Gasteiger partial charge in [-0.3, -0.25) is 9.48 Å². The van der Waals surface area contributed by atoms with Gasteiger partial charge < -0.3 is 9.73 Å². The van der Waals surface area contributed by atoms with E-state index in [2.05, 4.69) is 25.6 Å². The van der Waals surface area contributed by atoms with Gasteiger partial charge in [0, 0.05) is 18.8 Å². The largest absolute Gasteiger partial charge is 0.424 e. The Morgan fingerprint density at radius 3 is 2.96 bits per heavy atom. The molecule has 0 spiro atoms. The maximum atomic E-state index is 11.6. The predicted octanol–water partition coefficient (Wildman–Crippen LogP) is 1.85. The number of nitriles is 1. The van der Waals surface area contributed by atoms with Crippen LogP contribution in [0.25, 0.3) is 21.3 Å². The van der Waals surface area contributed by atoms with Gasteiger partial charge in [0.1, 0.15) is 18.0 Å². The lowest BCUT2D eigenvalue weighted by atomic mass is 10.1. The molecule has 0 radical (unpaired) electrons. The van der Waals surface area contributed by atoms with Crippen molar-refractivity contribution in [3.63, 3.8) is 0 Å². The van der Waals surface area contributed by atoms with Crippen molar-refractivity contribution in [2.45, 2.75) is 12.8 Å². The van der Waals surface area contributed by atoms with Crippen molar-refractivity contribution in [2.75, 3.05) is 6.54 Å². The minimum absolute atomic E-state index is 0.0490. The molecule has 0 fully saturated rings. The molecule has 1 amide bonds. The first-order valence-corrected chi connectivity index (χ1v) is 9.26. The second-order valence-electron chi connectivity index (χ2n) is 6.07. The maximum absolute atomic E-state index is 11.6. The molecule has 1 N–H and O–H groups in total. The standard InChI is InChI=1S/C18H15N7O2S/c1-25-10-12(9-21-25)11-2-3-14-13(6-11)22-18(28-14)8-17-24-23-16(27-17)7-15(26)20-5-4-19/h2-3,6,9-10H,5,7-8H2,1H3,(H,20,26). The van der Waals surface area contributed by atoms with E-state index in [0.29, 0.717) is 12.3 Å². The highest BCUT2D eigenvalue weighted by atomic mass is 32.1. The van der Waals surface area contributed by atoms with Gasteiger partial charge in [-0.05, 0) is 17.7 Å². The quantitative estimate of drug-likeness (QED) is 0.496. The molecule has 0 aliphatic heterocycles. The van der Waals surface area contributed by atoms with Gasteiger partial charge >= 0.3 is 0 Å². The molecule has 0 unspecified atom stereocenters. The molecule has 4 aromatic rings. The molecule has 1 aromatic carbocycles. The molecular formula is C18H15N7O2S. The topological polar surface area (TPSA) is 123 Å². The summed E-state index contributed by atoms with van der Waals surface area (Å²) in [5, 5.41) is 23.8. The van der Waals surface area contributed by atoms with Crippen molar-refractivity contribution in [3.05, 3.63) is 47.4 Å². The number of hydrogen-bond acceptors (Lipinski definition) is 8. The fraction of sp³-hybridized carbons (Fsp3) is 0.222. The van der Waals surface area contributed by atoms with E-state index in [9.17, 15) is 4.79 Å². The fourth-order valence-corrected chi connectivity index (χ4v) is 3.64. The number of nitrogens with zero attached hydrogens (tertiary/aromatic N) is 6. The average molecular weight is 393 g/mol. The fourth-order valence-electron chi connectivity index (χ4n) is 2.70. The Labute approximate surface area is 163 Å². The molecule has 10 heteroatoms. The average Bonchev–Trinajstić information content (AvgIpc) is 3.39. The molecule has 0 bridgehead atoms. The monoisotopic (exact) mass is 393 g/mol. The Bertz CT molecular complexity index is 1180. The predicted molar refractivity (Wildman–Crippen MR) is 101 cm³/mol. The Morgan fingerprint density at radius 2 is 2.18 bits per heavy atom. The third-order valence-corrected chi connectivity index (χ3v) is 4.99. The van der Waals surface area contributed by atoms with E-state index in [1.807, 2.05) is 43.7 Å². The highest BCUT2D eigenvalue weighted by Crippen LogP contribution is 2.28. The third kappa shape index (κ3) is 3.89. The summed E-state index contributed by atoms with van der Waals surface area (Å²) in [6.07, 6.45) is 4.12. The summed E-state index contributed by atoms with van der Waals surface area (Å²) >= 11 is 1.56. The van der Waals surface area contributed by atoms with Gasteiger partial charge in [-0.1, -0.05) is 6.07 Å². The Kier molecular flexibility index (Phi) is 4.82. The zero-order valence-electron chi connectivity index (χ0n) is 14.9. The SMILES string of the molecule is Cn1cc(-c2ccc3sc(Cc4nnc(CC(=O)NCC#N)o4)nc3c2)cn1. The highest BCUT2D eigenvalue weighted by molar-refractivity contribution is 7.18. The summed E-state index contributed by atoms with van der Waals surface area (Å²) in [7, 11) is 1.88. The number of benzene rings is 1. The lowest BCUT2D eigenvalue weighted by Crippen LogP contribution is -2.25. The van der Waals surface area contributed by atoms with Crippen LogP contribution in [0.3, 0.4) is 0 Å². The van der Waals surface area contributed by atoms with E-state index in [4.69, 9.17) is 9.68 Å². The van der Waals surface area contributed by atoms with Crippen molar-refractivity contribution in [3.8, 4) is 17.2 Å². The molecule has 0 aliphatic carbocycles. The zero-order chi connectivity index (χ0) is 19.5. The van der Waals surface area contributed by atoms with Crippen LogP contribution in [0.15, 0.2) is 35.0 Å². The zero-order valence-corrected chi connectivity index (χ0v) is 15.7. The molecule has 0 saturated heterocycles. The maximum Gasteiger partial charge on any atom is 0.230 e. The highest BCUT2D eigenvalue weighted by Gasteiger charge is 2.14. The molecular weight excluding hydrogens is 378 g/mol. The van der Waals surface area contributed by atoms with Crippen LogP contribution in [0.5, 0.6) is 0 Å². The summed E-state index contributed by atoms with van der Waals surface area (Å²) in [6, 6.07) is 7.96. The van der Waals surface area contributed by atoms with Crippen molar-refractivity contribution >= 4 is 27.5 Å². The van der Waals surface area contributed by atoms with Gasteiger partial charge in [0.15, 0.2) is 0 Å². The summed E-state index contributed by atoms with van der Waals surface area (Å²) < 4.78 is 8.35. The van der Waals surface area contributed by atoms with Crippen LogP contribution >= 0.6 is 11.3 Å². The molecule has 3 heterocycles. The van der Waals surface area contributed by atoms with Gasteiger partial charge in [0.2, 0.25) is 17.7 Å². The molecule has 0 saturated carbocycles. The first-order chi connectivity index (χ1) is 13.6. The van der Waals surface area contributed by atoms with Crippen molar-refractivity contribution in [1.29, 1.82) is 5.26 Å². The third-order valence-electron chi connectivity index (χ3n) is 3.96. The van der Waals surface area contributed by atoms with Gasteiger partial charge in [0.05, 0.1) is 28.9 Å². The van der Waals surface area contributed by atoms with Gasteiger partial charge in [0.25, 0.3) is 0 Å². The van der Waals surface area contributed by atoms with Crippen LogP contribution in [0.4, 0.5) is 0 Å². The Balaban J connectivity index is 1.48. The van der Waals surface area contributed by atoms with E-state index in [1.165, 1.54) is 0 Å². The Hall–Kier alpha value is -3.58. The van der Waals surface area contributed by atoms with Crippen molar-refractivity contribution < 1.29 is 9.21 Å². The van der Waals surface area contributed by atoms with Gasteiger partial charge in [-0.2, -0.15) is 10.4 Å². The summed E-state index contributed by atoms with van der Waals surface area (Å²) in [4.78, 5) is 16.3. The number of nitrogens with one attached hydrogen (secondary N) is 1. The minimum atomic E-state index is -0.334. The second-order valence-corrected chi connectivity index (χ2v) is 7.19. The Morgan fingerprint density at radius 1 is 1.32 bits per heavy atom. The van der Waals surface area contributed by atoms with Crippen LogP contribution in [0, 0.1) is 11.3 Å². The van der Waals surface area contributed by atoms with E-state index < -0.39 is 0 Å². The molecule has 0 aliphatic rings. The van der Waals surface area contributed by atoms with E-state index in [1.54, 1.807) is 16.0 Å². The number of carbonyl (C=O) groups is 1. The molecule has 28 heavy (non-hydrogen) atoms. The summed E-state index contributed by atoms with van der Waals surface area (Å²) in [5.74, 6) is 0.278. The van der Waals surface area contributed by atoms with E-state index in [-0.39, 0.29) is 24.8 Å². The summed E-state index contributed by atoms with van der Waals surface area (Å²) in [6.45, 7) is -0.0490. The van der Waals surface area contributed by atoms with Gasteiger partial charge in [-0.25, -0.2) is 4.98 Å². The van der Waals surface area contributed by atoms with Crippen LogP contribution in [-0.4, -0.2) is 37.4 Å². The second kappa shape index (κ2) is 7.58. The summed E-state index contributed by atoms with van der Waals surface area (Å²) in [5.41, 5.74) is 2.99. The number of aryl methyl sites for hydroxylation is 1. The lowest BCUT2D eigenvalue weighted by molar-refractivity contribution is -0.120. The number of carbonyl (C=O) groups excluding carboxylic acids is 1. The smallest absolute Gasteiger partial charge is 0.230 e.